The van der Waals surface area contributed by atoms with Crippen molar-refractivity contribution in [2.24, 2.45) is 17.8 Å². The van der Waals surface area contributed by atoms with E-state index in [-0.39, 0.29) is 49.6 Å². The summed E-state index contributed by atoms with van der Waals surface area (Å²) < 4.78 is 10.2. The van der Waals surface area contributed by atoms with E-state index in [0.29, 0.717) is 25.7 Å². The monoisotopic (exact) mass is 624 g/mol. The average molecular weight is 625 g/mol. The normalized spacial score (nSPS) is 20.0. The van der Waals surface area contributed by atoms with E-state index in [1.165, 1.54) is 32.1 Å². The smallest absolute Gasteiger partial charge is 0.305 e. The SMILES string of the molecule is CCCCC[C@H](O)/C=C/[C@H]1[C@H](O)CC(=O)[C@@H]1CCCCCCC(=O)OC[C@H](O)COC(=O)CCCCCCCCCC(C)C. The summed E-state index contributed by atoms with van der Waals surface area (Å²) in [6, 6.07) is 0. The molecule has 0 aromatic heterocycles. The van der Waals surface area contributed by atoms with Crippen LogP contribution in [0.5, 0.6) is 0 Å². The van der Waals surface area contributed by atoms with Crippen LogP contribution in [0.1, 0.15) is 149 Å². The maximum Gasteiger partial charge on any atom is 0.305 e. The van der Waals surface area contributed by atoms with Crippen LogP contribution in [-0.4, -0.2) is 64.6 Å². The van der Waals surface area contributed by atoms with Gasteiger partial charge < -0.3 is 24.8 Å². The molecule has 1 aliphatic carbocycles. The van der Waals surface area contributed by atoms with Gasteiger partial charge in [-0.2, -0.15) is 0 Å². The first-order valence-corrected chi connectivity index (χ1v) is 17.7. The third-order valence-electron chi connectivity index (χ3n) is 8.57. The second-order valence-corrected chi connectivity index (χ2v) is 13.2. The molecule has 5 atom stereocenters. The summed E-state index contributed by atoms with van der Waals surface area (Å²) in [4.78, 5) is 36.4. The lowest BCUT2D eigenvalue weighted by atomic mass is 9.88. The van der Waals surface area contributed by atoms with E-state index in [0.717, 1.165) is 63.7 Å². The molecule has 0 bridgehead atoms. The molecular formula is C36H64O8. The summed E-state index contributed by atoms with van der Waals surface area (Å²) in [6.07, 6.45) is 19.0. The van der Waals surface area contributed by atoms with Crippen LogP contribution in [0.3, 0.4) is 0 Å². The molecule has 0 spiro atoms. The van der Waals surface area contributed by atoms with E-state index in [9.17, 15) is 29.7 Å². The van der Waals surface area contributed by atoms with Crippen molar-refractivity contribution < 1.29 is 39.2 Å². The average Bonchev–Trinajstić information content (AvgIpc) is 3.25. The zero-order valence-electron chi connectivity index (χ0n) is 28.1. The third-order valence-corrected chi connectivity index (χ3v) is 8.57. The maximum absolute atomic E-state index is 12.4. The number of aliphatic hydroxyl groups is 3. The van der Waals surface area contributed by atoms with Crippen LogP contribution in [-0.2, 0) is 23.9 Å². The fourth-order valence-electron chi connectivity index (χ4n) is 5.81. The van der Waals surface area contributed by atoms with E-state index < -0.39 is 24.3 Å². The number of aliphatic hydroxyl groups excluding tert-OH is 3. The van der Waals surface area contributed by atoms with Gasteiger partial charge in [0.15, 0.2) is 0 Å². The number of Topliss-reactive ketones (excluding diaryl/α,β-unsaturated/α-hetero) is 1. The van der Waals surface area contributed by atoms with Crippen molar-refractivity contribution in [2.45, 2.75) is 167 Å². The second kappa shape index (κ2) is 25.4. The predicted molar refractivity (Wildman–Crippen MR) is 174 cm³/mol. The Hall–Kier alpha value is -1.77. The van der Waals surface area contributed by atoms with Crippen molar-refractivity contribution in [1.29, 1.82) is 0 Å². The van der Waals surface area contributed by atoms with Crippen LogP contribution >= 0.6 is 0 Å². The minimum atomic E-state index is -1.03. The van der Waals surface area contributed by atoms with Crippen LogP contribution in [0.4, 0.5) is 0 Å². The molecule has 1 rings (SSSR count). The third kappa shape index (κ3) is 20.3. The summed E-state index contributed by atoms with van der Waals surface area (Å²) in [7, 11) is 0. The van der Waals surface area contributed by atoms with Crippen LogP contribution in [0.15, 0.2) is 12.2 Å². The summed E-state index contributed by atoms with van der Waals surface area (Å²) >= 11 is 0. The number of ether oxygens (including phenoxy) is 2. The molecule has 0 aliphatic heterocycles. The van der Waals surface area contributed by atoms with E-state index in [2.05, 4.69) is 20.8 Å². The molecule has 0 heterocycles. The number of carbonyl (C=O) groups is 3. The van der Waals surface area contributed by atoms with Gasteiger partial charge in [0.05, 0.1) is 12.2 Å². The highest BCUT2D eigenvalue weighted by Crippen LogP contribution is 2.34. The summed E-state index contributed by atoms with van der Waals surface area (Å²) in [5, 5.41) is 30.5. The quantitative estimate of drug-likeness (QED) is 0.0506. The number of carbonyl (C=O) groups excluding carboxylic acids is 3. The Morgan fingerprint density at radius 2 is 1.32 bits per heavy atom. The molecule has 256 valence electrons. The van der Waals surface area contributed by atoms with Crippen LogP contribution in [0.25, 0.3) is 0 Å². The molecule has 0 radical (unpaired) electrons. The second-order valence-electron chi connectivity index (χ2n) is 13.2. The summed E-state index contributed by atoms with van der Waals surface area (Å²) in [6.45, 7) is 6.26. The largest absolute Gasteiger partial charge is 0.463 e. The van der Waals surface area contributed by atoms with Crippen LogP contribution < -0.4 is 0 Å². The maximum atomic E-state index is 12.4. The van der Waals surface area contributed by atoms with Crippen molar-refractivity contribution in [3.63, 3.8) is 0 Å². The van der Waals surface area contributed by atoms with Gasteiger partial charge in [-0.3, -0.25) is 14.4 Å². The van der Waals surface area contributed by atoms with Crippen LogP contribution in [0.2, 0.25) is 0 Å². The Bertz CT molecular complexity index is 795. The number of esters is 2. The summed E-state index contributed by atoms with van der Waals surface area (Å²) in [5.41, 5.74) is 0. The number of ketones is 1. The van der Waals surface area contributed by atoms with E-state index in [1.54, 1.807) is 6.08 Å². The summed E-state index contributed by atoms with van der Waals surface area (Å²) in [5.74, 6) is -0.336. The van der Waals surface area contributed by atoms with Crippen LogP contribution in [0, 0.1) is 17.8 Å². The first kappa shape index (κ1) is 40.3. The van der Waals surface area contributed by atoms with Gasteiger partial charge in [0.1, 0.15) is 25.1 Å². The molecule has 0 aromatic rings. The Morgan fingerprint density at radius 3 is 1.89 bits per heavy atom. The lowest BCUT2D eigenvalue weighted by Crippen LogP contribution is -2.25. The van der Waals surface area contributed by atoms with Gasteiger partial charge in [0, 0.05) is 31.1 Å². The molecule has 1 saturated carbocycles. The van der Waals surface area contributed by atoms with E-state index in [1.807, 2.05) is 6.08 Å². The lowest BCUT2D eigenvalue weighted by molar-refractivity contribution is -0.152. The van der Waals surface area contributed by atoms with Crippen molar-refractivity contribution in [3.8, 4) is 0 Å². The van der Waals surface area contributed by atoms with Gasteiger partial charge in [0.25, 0.3) is 0 Å². The highest BCUT2D eigenvalue weighted by molar-refractivity contribution is 5.84. The Balaban J connectivity index is 2.08. The highest BCUT2D eigenvalue weighted by atomic mass is 16.6. The highest BCUT2D eigenvalue weighted by Gasteiger charge is 2.39. The molecule has 44 heavy (non-hydrogen) atoms. The molecule has 0 amide bonds. The van der Waals surface area contributed by atoms with Gasteiger partial charge in [-0.15, -0.1) is 0 Å². The van der Waals surface area contributed by atoms with E-state index in [4.69, 9.17) is 9.47 Å². The molecule has 1 aliphatic rings. The van der Waals surface area contributed by atoms with Gasteiger partial charge in [-0.05, 0) is 31.6 Å². The minimum Gasteiger partial charge on any atom is -0.463 e. The Kier molecular flexibility index (Phi) is 23.3. The molecule has 0 saturated heterocycles. The van der Waals surface area contributed by atoms with Gasteiger partial charge in [0.2, 0.25) is 0 Å². The molecule has 0 aromatic carbocycles. The fraction of sp³-hybridized carbons (Fsp3) is 0.861. The minimum absolute atomic E-state index is 0.0821. The lowest BCUT2D eigenvalue weighted by Gasteiger charge is -2.18. The Labute approximate surface area is 267 Å². The first-order valence-electron chi connectivity index (χ1n) is 17.7. The van der Waals surface area contributed by atoms with Crippen molar-refractivity contribution >= 4 is 17.7 Å². The van der Waals surface area contributed by atoms with E-state index >= 15 is 0 Å². The molecule has 8 heteroatoms. The van der Waals surface area contributed by atoms with Gasteiger partial charge in [-0.1, -0.05) is 116 Å². The number of rotatable bonds is 27. The molecule has 1 fully saturated rings. The molecular weight excluding hydrogens is 560 g/mol. The zero-order valence-corrected chi connectivity index (χ0v) is 28.1. The number of unbranched alkanes of at least 4 members (excludes halogenated alkanes) is 11. The van der Waals surface area contributed by atoms with Gasteiger partial charge >= 0.3 is 11.9 Å². The molecule has 8 nitrogen and oxygen atoms in total. The van der Waals surface area contributed by atoms with Gasteiger partial charge in [-0.25, -0.2) is 0 Å². The molecule has 0 unspecified atom stereocenters. The Morgan fingerprint density at radius 1 is 0.795 bits per heavy atom. The first-order chi connectivity index (χ1) is 21.1. The number of hydrogen-bond donors (Lipinski definition) is 3. The molecule has 3 N–H and O–H groups in total. The zero-order chi connectivity index (χ0) is 32.6. The predicted octanol–water partition coefficient (Wildman–Crippen LogP) is 7.00. The van der Waals surface area contributed by atoms with Crippen molar-refractivity contribution in [2.75, 3.05) is 13.2 Å². The fourth-order valence-corrected chi connectivity index (χ4v) is 5.81. The van der Waals surface area contributed by atoms with Crippen molar-refractivity contribution in [3.05, 3.63) is 12.2 Å². The standard InChI is InChI=1S/C36H64O8/c1-4-5-13-19-29(37)23-24-32-31(33(39)25-34(32)40)20-15-11-12-17-22-36(42)44-27-30(38)26-43-35(41)21-16-10-8-6-7-9-14-18-28(2)3/h23-24,28-32,34,37-38,40H,4-22,25-27H2,1-3H3/b24-23+/t29-,30+,31+,32+,34+/m0/s1. The van der Waals surface area contributed by atoms with Crippen molar-refractivity contribution in [1.82, 2.24) is 0 Å². The topological polar surface area (TPSA) is 130 Å². The number of hydrogen-bond acceptors (Lipinski definition) is 8.